The molecule has 8 heteroatoms. The van der Waals surface area contributed by atoms with Crippen LogP contribution in [0, 0.1) is 0 Å². The molecular formula is C19H22N2O6. The Labute approximate surface area is 157 Å². The molecule has 0 heterocycles. The first-order valence-corrected chi connectivity index (χ1v) is 8.13. The lowest BCUT2D eigenvalue weighted by Crippen LogP contribution is -2.17. The fourth-order valence-corrected chi connectivity index (χ4v) is 2.23. The molecule has 8 nitrogen and oxygen atoms in total. The second-order valence-electron chi connectivity index (χ2n) is 5.35. The molecule has 144 valence electrons. The molecule has 0 bridgehead atoms. The molecular weight excluding hydrogens is 352 g/mol. The summed E-state index contributed by atoms with van der Waals surface area (Å²) in [5.41, 5.74) is 1.35. The van der Waals surface area contributed by atoms with Crippen LogP contribution in [0.15, 0.2) is 42.5 Å². The van der Waals surface area contributed by atoms with Gasteiger partial charge in [-0.05, 0) is 30.3 Å². The summed E-state index contributed by atoms with van der Waals surface area (Å²) >= 11 is 0. The summed E-state index contributed by atoms with van der Waals surface area (Å²) in [4.78, 5) is 24.2. The maximum absolute atomic E-state index is 12.5. The highest BCUT2D eigenvalue weighted by Crippen LogP contribution is 2.26. The van der Waals surface area contributed by atoms with Crippen LogP contribution in [0.5, 0.6) is 11.5 Å². The Bertz CT molecular complexity index is 794. The van der Waals surface area contributed by atoms with Crippen molar-refractivity contribution >= 4 is 23.4 Å². The second-order valence-corrected chi connectivity index (χ2v) is 5.35. The minimum Gasteiger partial charge on any atom is -0.497 e. The Balaban J connectivity index is 2.05. The molecule has 0 fully saturated rings. The zero-order valence-electron chi connectivity index (χ0n) is 15.4. The fraction of sp³-hybridized carbons (Fsp3) is 0.263. The van der Waals surface area contributed by atoms with Gasteiger partial charge in [0.1, 0.15) is 18.1 Å². The maximum atomic E-state index is 12.5. The molecule has 2 amide bonds. The largest absolute Gasteiger partial charge is 0.497 e. The number of amides is 2. The first-order chi connectivity index (χ1) is 13.1. The number of ether oxygens (including phenoxy) is 4. The number of methoxy groups -OCH3 is 3. The molecule has 2 N–H and O–H groups in total. The van der Waals surface area contributed by atoms with Gasteiger partial charge in [0.25, 0.3) is 5.91 Å². The number of hydrogen-bond acceptors (Lipinski definition) is 6. The highest BCUT2D eigenvalue weighted by molar-refractivity contribution is 6.06. The molecule has 27 heavy (non-hydrogen) atoms. The van der Waals surface area contributed by atoms with Crippen molar-refractivity contribution in [3.05, 3.63) is 48.0 Å². The van der Waals surface area contributed by atoms with Crippen LogP contribution in [0.1, 0.15) is 10.4 Å². The summed E-state index contributed by atoms with van der Waals surface area (Å²) in [6, 6.07) is 11.6. The highest BCUT2D eigenvalue weighted by Gasteiger charge is 2.14. The van der Waals surface area contributed by atoms with Gasteiger partial charge in [-0.1, -0.05) is 6.07 Å². The van der Waals surface area contributed by atoms with Crippen LogP contribution < -0.4 is 20.1 Å². The van der Waals surface area contributed by atoms with Gasteiger partial charge in [0, 0.05) is 24.6 Å². The third-order valence-electron chi connectivity index (χ3n) is 3.54. The van der Waals surface area contributed by atoms with Gasteiger partial charge >= 0.3 is 6.09 Å². The Morgan fingerprint density at radius 2 is 1.63 bits per heavy atom. The normalized spacial score (nSPS) is 10.0. The van der Waals surface area contributed by atoms with Crippen molar-refractivity contribution in [2.24, 2.45) is 0 Å². The molecule has 0 saturated heterocycles. The molecule has 0 aliphatic rings. The molecule has 0 spiro atoms. The lowest BCUT2D eigenvalue weighted by molar-refractivity contribution is 0.102. The van der Waals surface area contributed by atoms with Crippen molar-refractivity contribution in [2.45, 2.75) is 0 Å². The van der Waals surface area contributed by atoms with Gasteiger partial charge in [0.2, 0.25) is 0 Å². The molecule has 0 saturated carbocycles. The van der Waals surface area contributed by atoms with Crippen LogP contribution in [0.25, 0.3) is 0 Å². The van der Waals surface area contributed by atoms with Crippen molar-refractivity contribution in [3.63, 3.8) is 0 Å². The van der Waals surface area contributed by atoms with Gasteiger partial charge in [-0.2, -0.15) is 0 Å². The predicted octanol–water partition coefficient (Wildman–Crippen LogP) is 3.15. The summed E-state index contributed by atoms with van der Waals surface area (Å²) in [5, 5.41) is 5.35. The summed E-state index contributed by atoms with van der Waals surface area (Å²) in [6.07, 6.45) is -0.604. The monoisotopic (exact) mass is 374 g/mol. The standard InChI is InChI=1S/C19H22N2O6/c1-24-9-10-27-19(23)21-14-6-4-5-13(11-14)20-18(22)16-8-7-15(25-2)12-17(16)26-3/h4-8,11-12H,9-10H2,1-3H3,(H,20,22)(H,21,23). The van der Waals surface area contributed by atoms with Crippen molar-refractivity contribution in [1.82, 2.24) is 0 Å². The molecule has 0 radical (unpaired) electrons. The van der Waals surface area contributed by atoms with Gasteiger partial charge in [0.15, 0.2) is 0 Å². The number of carbonyl (C=O) groups is 2. The minimum absolute atomic E-state index is 0.149. The SMILES string of the molecule is COCCOC(=O)Nc1cccc(NC(=O)c2ccc(OC)cc2OC)c1. The Kier molecular flexibility index (Phi) is 7.45. The average Bonchev–Trinajstić information content (AvgIpc) is 2.67. The lowest BCUT2D eigenvalue weighted by atomic mass is 10.1. The number of carbonyl (C=O) groups excluding carboxylic acids is 2. The third-order valence-corrected chi connectivity index (χ3v) is 3.54. The summed E-state index contributed by atoms with van der Waals surface area (Å²) in [5.74, 6) is 0.624. The third kappa shape index (κ3) is 5.89. The molecule has 0 aliphatic heterocycles. The number of rotatable bonds is 8. The van der Waals surface area contributed by atoms with Crippen molar-refractivity contribution in [1.29, 1.82) is 0 Å². The van der Waals surface area contributed by atoms with Crippen LogP contribution in [0.2, 0.25) is 0 Å². The van der Waals surface area contributed by atoms with Gasteiger partial charge in [-0.3, -0.25) is 10.1 Å². The van der Waals surface area contributed by atoms with E-state index in [2.05, 4.69) is 10.6 Å². The zero-order chi connectivity index (χ0) is 19.6. The summed E-state index contributed by atoms with van der Waals surface area (Å²) < 4.78 is 20.1. The van der Waals surface area contributed by atoms with Crippen molar-refractivity contribution in [3.8, 4) is 11.5 Å². The smallest absolute Gasteiger partial charge is 0.411 e. The average molecular weight is 374 g/mol. The number of benzene rings is 2. The van der Waals surface area contributed by atoms with E-state index in [-0.39, 0.29) is 12.5 Å². The van der Waals surface area contributed by atoms with Crippen LogP contribution >= 0.6 is 0 Å². The second kappa shape index (κ2) is 10.0. The van der Waals surface area contributed by atoms with Crippen LogP contribution in [-0.4, -0.2) is 46.5 Å². The van der Waals surface area contributed by atoms with Crippen molar-refractivity contribution < 1.29 is 28.5 Å². The van der Waals surface area contributed by atoms with E-state index in [1.807, 2.05) is 0 Å². The quantitative estimate of drug-likeness (QED) is 0.689. The molecule has 2 rings (SSSR count). The number of nitrogens with one attached hydrogen (secondary N) is 2. The lowest BCUT2D eigenvalue weighted by Gasteiger charge is -2.12. The van der Waals surface area contributed by atoms with E-state index < -0.39 is 6.09 Å². The van der Waals surface area contributed by atoms with E-state index in [9.17, 15) is 9.59 Å². The summed E-state index contributed by atoms with van der Waals surface area (Å²) in [7, 11) is 4.53. The first kappa shape index (κ1) is 20.1. The molecule has 2 aromatic rings. The van der Waals surface area contributed by atoms with Gasteiger partial charge in [0.05, 0.1) is 26.4 Å². The molecule has 0 aliphatic carbocycles. The van der Waals surface area contributed by atoms with Gasteiger partial charge in [-0.25, -0.2) is 4.79 Å². The van der Waals surface area contributed by atoms with E-state index in [1.54, 1.807) is 42.5 Å². The summed E-state index contributed by atoms with van der Waals surface area (Å²) in [6.45, 7) is 0.462. The van der Waals surface area contributed by atoms with E-state index in [1.165, 1.54) is 21.3 Å². The Morgan fingerprint density at radius 3 is 2.30 bits per heavy atom. The molecule has 0 aromatic heterocycles. The van der Waals surface area contributed by atoms with E-state index >= 15 is 0 Å². The number of hydrogen-bond donors (Lipinski definition) is 2. The highest BCUT2D eigenvalue weighted by atomic mass is 16.6. The molecule has 0 atom stereocenters. The van der Waals surface area contributed by atoms with Crippen LogP contribution in [0.4, 0.5) is 16.2 Å². The van der Waals surface area contributed by atoms with E-state index in [4.69, 9.17) is 18.9 Å². The minimum atomic E-state index is -0.604. The number of anilines is 2. The van der Waals surface area contributed by atoms with Gasteiger partial charge < -0.3 is 24.3 Å². The Morgan fingerprint density at radius 1 is 0.889 bits per heavy atom. The topological polar surface area (TPSA) is 95.1 Å². The van der Waals surface area contributed by atoms with Crippen LogP contribution in [-0.2, 0) is 9.47 Å². The predicted molar refractivity (Wildman–Crippen MR) is 101 cm³/mol. The van der Waals surface area contributed by atoms with Gasteiger partial charge in [-0.15, -0.1) is 0 Å². The molecule has 0 unspecified atom stereocenters. The molecule has 2 aromatic carbocycles. The van der Waals surface area contributed by atoms with Crippen LogP contribution in [0.3, 0.4) is 0 Å². The van der Waals surface area contributed by atoms with E-state index in [0.717, 1.165) is 0 Å². The first-order valence-electron chi connectivity index (χ1n) is 8.13. The fourth-order valence-electron chi connectivity index (χ4n) is 2.23. The van der Waals surface area contributed by atoms with Crippen molar-refractivity contribution in [2.75, 3.05) is 45.2 Å². The Hall–Kier alpha value is -3.26. The zero-order valence-corrected chi connectivity index (χ0v) is 15.4. The van der Waals surface area contributed by atoms with E-state index in [0.29, 0.717) is 35.0 Å². The maximum Gasteiger partial charge on any atom is 0.411 e.